The van der Waals surface area contributed by atoms with Crippen LogP contribution in [-0.4, -0.2) is 20.5 Å². The lowest BCUT2D eigenvalue weighted by molar-refractivity contribution is 0.102. The second-order valence-corrected chi connectivity index (χ2v) is 5.13. The third kappa shape index (κ3) is 2.47. The van der Waals surface area contributed by atoms with Gasteiger partial charge in [-0.25, -0.2) is 27.1 Å². The molecule has 0 aliphatic rings. The third-order valence-corrected chi connectivity index (χ3v) is 3.37. The number of amides is 1. The molecule has 0 fully saturated rings. The number of hydrogen-bond donors (Lipinski definition) is 1. The predicted octanol–water partition coefficient (Wildman–Crippen LogP) is 3.15. The highest BCUT2D eigenvalue weighted by atomic mass is 19.2. The number of aromatic nitrogens is 3. The zero-order chi connectivity index (χ0) is 17.6. The number of benzene rings is 1. The molecule has 5 nitrogen and oxygen atoms in total. The second kappa shape index (κ2) is 5.59. The van der Waals surface area contributed by atoms with Crippen LogP contribution in [0, 0.1) is 37.1 Å². The average molecular weight is 338 g/mol. The lowest BCUT2D eigenvalue weighted by Gasteiger charge is -2.08. The molecule has 2 aromatic heterocycles. The largest absolute Gasteiger partial charge is 0.317 e. The van der Waals surface area contributed by atoms with Gasteiger partial charge in [0.15, 0.2) is 28.9 Å². The van der Waals surface area contributed by atoms with Gasteiger partial charge in [0.05, 0.1) is 6.20 Å². The molecule has 1 amide bonds. The Hall–Kier alpha value is -2.97. The van der Waals surface area contributed by atoms with Crippen molar-refractivity contribution in [2.45, 2.75) is 13.8 Å². The van der Waals surface area contributed by atoms with Crippen LogP contribution in [0.15, 0.2) is 18.3 Å². The van der Waals surface area contributed by atoms with Crippen LogP contribution in [0.5, 0.6) is 0 Å². The number of fused-ring (bicyclic) bond motifs is 1. The Morgan fingerprint density at radius 2 is 1.71 bits per heavy atom. The summed E-state index contributed by atoms with van der Waals surface area (Å²) in [4.78, 5) is 16.4. The van der Waals surface area contributed by atoms with Gasteiger partial charge in [0.2, 0.25) is 0 Å². The van der Waals surface area contributed by atoms with Crippen LogP contribution in [0.1, 0.15) is 21.7 Å². The van der Waals surface area contributed by atoms with Crippen molar-refractivity contribution < 1.29 is 22.4 Å². The fourth-order valence-corrected chi connectivity index (χ4v) is 2.29. The molecule has 9 heteroatoms. The first-order chi connectivity index (χ1) is 11.3. The van der Waals surface area contributed by atoms with Crippen LogP contribution in [0.3, 0.4) is 0 Å². The summed E-state index contributed by atoms with van der Waals surface area (Å²) in [7, 11) is 0. The second-order valence-electron chi connectivity index (χ2n) is 5.13. The summed E-state index contributed by atoms with van der Waals surface area (Å²) in [5.74, 6) is -7.62. The molecule has 1 N–H and O–H groups in total. The quantitative estimate of drug-likeness (QED) is 0.577. The van der Waals surface area contributed by atoms with E-state index in [4.69, 9.17) is 0 Å². The molecule has 0 radical (unpaired) electrons. The minimum atomic E-state index is -1.70. The van der Waals surface area contributed by atoms with Gasteiger partial charge in [-0.1, -0.05) is 0 Å². The highest BCUT2D eigenvalue weighted by Gasteiger charge is 2.23. The number of carbonyl (C=O) groups excluding carboxylic acids is 1. The van der Waals surface area contributed by atoms with Crippen molar-refractivity contribution in [3.63, 3.8) is 0 Å². The molecule has 2 heterocycles. The predicted molar refractivity (Wildman–Crippen MR) is 76.7 cm³/mol. The first kappa shape index (κ1) is 15.9. The summed E-state index contributed by atoms with van der Waals surface area (Å²) >= 11 is 0. The van der Waals surface area contributed by atoms with Gasteiger partial charge in [-0.15, -0.1) is 0 Å². The fraction of sp³-hybridized carbons (Fsp3) is 0.133. The molecule has 0 atom stereocenters. The van der Waals surface area contributed by atoms with Gasteiger partial charge in [0, 0.05) is 17.5 Å². The topological polar surface area (TPSA) is 59.3 Å². The van der Waals surface area contributed by atoms with E-state index in [1.807, 2.05) is 5.32 Å². The number of anilines is 1. The number of nitrogens with one attached hydrogen (secondary N) is 1. The number of halogens is 4. The Kier molecular flexibility index (Phi) is 3.70. The monoisotopic (exact) mass is 338 g/mol. The molecule has 124 valence electrons. The summed E-state index contributed by atoms with van der Waals surface area (Å²) in [6.07, 6.45) is 1.15. The van der Waals surface area contributed by atoms with Crippen LogP contribution in [0.25, 0.3) is 5.65 Å². The summed E-state index contributed by atoms with van der Waals surface area (Å²) in [6.45, 7) is 3.43. The van der Waals surface area contributed by atoms with Crippen molar-refractivity contribution in [3.8, 4) is 0 Å². The van der Waals surface area contributed by atoms with E-state index in [-0.39, 0.29) is 17.3 Å². The van der Waals surface area contributed by atoms with Crippen LogP contribution in [0.4, 0.5) is 23.2 Å². The van der Waals surface area contributed by atoms with Crippen LogP contribution in [-0.2, 0) is 0 Å². The molecule has 0 saturated carbocycles. The summed E-state index contributed by atoms with van der Waals surface area (Å²) in [5.41, 5.74) is 0.142. The van der Waals surface area contributed by atoms with Gasteiger partial charge >= 0.3 is 0 Å². The summed E-state index contributed by atoms with van der Waals surface area (Å²) in [5, 5.41) is 5.79. The van der Waals surface area contributed by atoms with E-state index in [1.54, 1.807) is 19.9 Å². The SMILES string of the molecule is Cc1cc(C)n2ncc(C(=O)Nc3c(F)c(F)cc(F)c3F)c2n1. The zero-order valence-electron chi connectivity index (χ0n) is 12.5. The molecular weight excluding hydrogens is 328 g/mol. The molecule has 0 spiro atoms. The van der Waals surface area contributed by atoms with Gasteiger partial charge in [0.25, 0.3) is 5.91 Å². The van der Waals surface area contributed by atoms with E-state index in [9.17, 15) is 22.4 Å². The summed E-state index contributed by atoms with van der Waals surface area (Å²) in [6, 6.07) is 1.78. The van der Waals surface area contributed by atoms with Crippen LogP contribution in [0.2, 0.25) is 0 Å². The maximum absolute atomic E-state index is 13.7. The van der Waals surface area contributed by atoms with Crippen molar-refractivity contribution in [2.75, 3.05) is 5.32 Å². The molecule has 0 bridgehead atoms. The molecule has 0 aliphatic heterocycles. The van der Waals surface area contributed by atoms with E-state index in [1.165, 1.54) is 4.52 Å². The Bertz CT molecular complexity index is 957. The highest BCUT2D eigenvalue weighted by molar-refractivity contribution is 6.08. The van der Waals surface area contributed by atoms with E-state index >= 15 is 0 Å². The number of rotatable bonds is 2. The molecule has 0 aliphatic carbocycles. The normalized spacial score (nSPS) is 11.1. The van der Waals surface area contributed by atoms with Crippen molar-refractivity contribution in [2.24, 2.45) is 0 Å². The van der Waals surface area contributed by atoms with Gasteiger partial charge in [-0.05, 0) is 19.9 Å². The Morgan fingerprint density at radius 3 is 2.33 bits per heavy atom. The molecule has 24 heavy (non-hydrogen) atoms. The third-order valence-electron chi connectivity index (χ3n) is 3.37. The lowest BCUT2D eigenvalue weighted by Crippen LogP contribution is -2.16. The number of carbonyl (C=O) groups is 1. The van der Waals surface area contributed by atoms with E-state index in [0.29, 0.717) is 11.4 Å². The Labute approximate surface area is 132 Å². The van der Waals surface area contributed by atoms with Gasteiger partial charge in [-0.3, -0.25) is 4.79 Å². The number of hydrogen-bond acceptors (Lipinski definition) is 3. The first-order valence-electron chi connectivity index (χ1n) is 6.76. The minimum absolute atomic E-state index is 0.0594. The van der Waals surface area contributed by atoms with E-state index in [2.05, 4.69) is 10.1 Å². The van der Waals surface area contributed by atoms with Gasteiger partial charge < -0.3 is 5.32 Å². The smallest absolute Gasteiger partial charge is 0.261 e. The maximum atomic E-state index is 13.7. The van der Waals surface area contributed by atoms with Gasteiger partial charge in [0.1, 0.15) is 11.3 Å². The van der Waals surface area contributed by atoms with Crippen molar-refractivity contribution in [1.29, 1.82) is 0 Å². The van der Waals surface area contributed by atoms with Crippen molar-refractivity contribution in [1.82, 2.24) is 14.6 Å². The summed E-state index contributed by atoms with van der Waals surface area (Å²) < 4.78 is 55.1. The molecular formula is C15H10F4N4O. The van der Waals surface area contributed by atoms with Crippen LogP contribution >= 0.6 is 0 Å². The molecule has 1 aromatic carbocycles. The molecule has 3 rings (SSSR count). The molecule has 0 saturated heterocycles. The standard InChI is InChI=1S/C15H10F4N4O/c1-6-3-7(2)23-14(21-6)8(5-20-23)15(24)22-13-11(18)9(16)4-10(17)12(13)19/h3-5H,1-2H3,(H,22,24). The average Bonchev–Trinajstić information content (AvgIpc) is 2.93. The van der Waals surface area contributed by atoms with Gasteiger partial charge in [-0.2, -0.15) is 5.10 Å². The molecule has 0 unspecified atom stereocenters. The lowest BCUT2D eigenvalue weighted by atomic mass is 10.2. The Morgan fingerprint density at radius 1 is 1.08 bits per heavy atom. The van der Waals surface area contributed by atoms with Crippen molar-refractivity contribution >= 4 is 17.2 Å². The maximum Gasteiger partial charge on any atom is 0.261 e. The van der Waals surface area contributed by atoms with Crippen molar-refractivity contribution in [3.05, 3.63) is 58.5 Å². The number of aryl methyl sites for hydroxylation is 2. The Balaban J connectivity index is 2.06. The fourth-order valence-electron chi connectivity index (χ4n) is 2.29. The highest BCUT2D eigenvalue weighted by Crippen LogP contribution is 2.25. The number of nitrogens with zero attached hydrogens (tertiary/aromatic N) is 3. The zero-order valence-corrected chi connectivity index (χ0v) is 12.5. The molecule has 3 aromatic rings. The van der Waals surface area contributed by atoms with E-state index in [0.717, 1.165) is 6.20 Å². The van der Waals surface area contributed by atoms with E-state index < -0.39 is 34.9 Å². The minimum Gasteiger partial charge on any atom is -0.317 e. The first-order valence-corrected chi connectivity index (χ1v) is 6.76. The van der Waals surface area contributed by atoms with Crippen LogP contribution < -0.4 is 5.32 Å².